The van der Waals surface area contributed by atoms with Crippen LogP contribution in [0.2, 0.25) is 0 Å². The first-order chi connectivity index (χ1) is 8.83. The molecule has 1 atom stereocenters. The zero-order valence-electron chi connectivity index (χ0n) is 12.6. The van der Waals surface area contributed by atoms with Gasteiger partial charge in [0, 0.05) is 6.54 Å². The van der Waals surface area contributed by atoms with Gasteiger partial charge in [-0.25, -0.2) is 4.79 Å². The molecule has 1 aliphatic rings. The molecule has 1 fully saturated rings. The predicted octanol–water partition coefficient (Wildman–Crippen LogP) is 1.69. The average molecular weight is 307 g/mol. The van der Waals surface area contributed by atoms with Crippen molar-refractivity contribution in [3.63, 3.8) is 0 Å². The van der Waals surface area contributed by atoms with Gasteiger partial charge in [0.1, 0.15) is 5.60 Å². The van der Waals surface area contributed by atoms with Crippen LogP contribution in [0.3, 0.4) is 0 Å². The molecule has 0 unspecified atom stereocenters. The van der Waals surface area contributed by atoms with Crippen molar-refractivity contribution in [2.45, 2.75) is 45.8 Å². The minimum atomic E-state index is -0.552. The Morgan fingerprint density at radius 2 is 2.00 bits per heavy atom. The number of esters is 1. The minimum Gasteiger partial charge on any atom is -0.466 e. The van der Waals surface area contributed by atoms with Gasteiger partial charge >= 0.3 is 12.1 Å². The Morgan fingerprint density at radius 1 is 1.35 bits per heavy atom. The lowest BCUT2D eigenvalue weighted by atomic mass is 10.1. The quantitative estimate of drug-likeness (QED) is 0.742. The van der Waals surface area contributed by atoms with Crippen LogP contribution in [0.5, 0.6) is 0 Å². The van der Waals surface area contributed by atoms with E-state index in [1.54, 1.807) is 11.8 Å². The zero-order chi connectivity index (χ0) is 14.5. The molecule has 6 nitrogen and oxygen atoms in total. The van der Waals surface area contributed by atoms with Crippen molar-refractivity contribution in [1.82, 2.24) is 4.90 Å². The van der Waals surface area contributed by atoms with Crippen LogP contribution in [0.4, 0.5) is 4.79 Å². The van der Waals surface area contributed by atoms with E-state index in [0.29, 0.717) is 26.4 Å². The number of carbonyl (C=O) groups excluding carboxylic acids is 2. The molecule has 0 radical (unpaired) electrons. The maximum absolute atomic E-state index is 12.1. The first kappa shape index (κ1) is 19.1. The molecule has 1 heterocycles. The molecule has 118 valence electrons. The van der Waals surface area contributed by atoms with Crippen molar-refractivity contribution in [3.8, 4) is 0 Å². The number of hydrogen-bond acceptors (Lipinski definition) is 5. The predicted molar refractivity (Wildman–Crippen MR) is 79.2 cm³/mol. The molecule has 0 aromatic rings. The summed E-state index contributed by atoms with van der Waals surface area (Å²) in [6, 6.07) is -0.317. The summed E-state index contributed by atoms with van der Waals surface area (Å²) in [5.41, 5.74) is -0.552. The van der Waals surface area contributed by atoms with Crippen molar-refractivity contribution in [2.75, 3.05) is 26.4 Å². The highest BCUT2D eigenvalue weighted by molar-refractivity contribution is 7.59. The van der Waals surface area contributed by atoms with Crippen LogP contribution in [0.25, 0.3) is 0 Å². The Bertz CT molecular complexity index is 329. The van der Waals surface area contributed by atoms with Gasteiger partial charge in [0.05, 0.1) is 32.3 Å². The molecule has 0 aromatic carbocycles. The zero-order valence-corrected chi connectivity index (χ0v) is 13.6. The summed E-state index contributed by atoms with van der Waals surface area (Å²) >= 11 is 0. The molecule has 1 aliphatic heterocycles. The largest absolute Gasteiger partial charge is 0.466 e. The van der Waals surface area contributed by atoms with Crippen LogP contribution in [-0.2, 0) is 19.0 Å². The first-order valence-corrected chi connectivity index (χ1v) is 6.56. The number of ether oxygens (including phenoxy) is 3. The summed E-state index contributed by atoms with van der Waals surface area (Å²) in [6.07, 6.45) is -0.280. The maximum atomic E-state index is 12.1. The number of carbonyl (C=O) groups is 2. The van der Waals surface area contributed by atoms with Crippen LogP contribution >= 0.6 is 13.5 Å². The normalized spacial score (nSPS) is 19.0. The molecule has 0 spiro atoms. The Morgan fingerprint density at radius 3 is 2.55 bits per heavy atom. The Balaban J connectivity index is 0.00000361. The SMILES string of the molecule is CCOC(=O)C[C@H]1COCCN1C(=O)OC(C)(C)C.S. The van der Waals surface area contributed by atoms with E-state index in [4.69, 9.17) is 14.2 Å². The number of hydrogen-bond donors (Lipinski definition) is 0. The fourth-order valence-electron chi connectivity index (χ4n) is 1.80. The van der Waals surface area contributed by atoms with E-state index in [0.717, 1.165) is 0 Å². The van der Waals surface area contributed by atoms with E-state index in [-0.39, 0.29) is 31.9 Å². The summed E-state index contributed by atoms with van der Waals surface area (Å²) in [6.45, 7) is 8.73. The van der Waals surface area contributed by atoms with E-state index < -0.39 is 11.7 Å². The Kier molecular flexibility index (Phi) is 7.96. The van der Waals surface area contributed by atoms with Gasteiger partial charge in [-0.3, -0.25) is 9.69 Å². The highest BCUT2D eigenvalue weighted by atomic mass is 32.1. The summed E-state index contributed by atoms with van der Waals surface area (Å²) in [4.78, 5) is 25.1. The van der Waals surface area contributed by atoms with E-state index in [1.807, 2.05) is 20.8 Å². The molecule has 0 aromatic heterocycles. The maximum Gasteiger partial charge on any atom is 0.410 e. The van der Waals surface area contributed by atoms with Gasteiger partial charge in [-0.15, -0.1) is 0 Å². The van der Waals surface area contributed by atoms with Crippen molar-refractivity contribution in [2.24, 2.45) is 0 Å². The molecular weight excluding hydrogens is 282 g/mol. The molecule has 20 heavy (non-hydrogen) atoms. The Hall–Kier alpha value is -0.950. The van der Waals surface area contributed by atoms with Crippen molar-refractivity contribution < 1.29 is 23.8 Å². The number of amides is 1. The summed E-state index contributed by atoms with van der Waals surface area (Å²) < 4.78 is 15.5. The van der Waals surface area contributed by atoms with Gasteiger partial charge in [-0.1, -0.05) is 0 Å². The van der Waals surface area contributed by atoms with E-state index in [1.165, 1.54) is 0 Å². The van der Waals surface area contributed by atoms with Gasteiger partial charge in [0.15, 0.2) is 0 Å². The summed E-state index contributed by atoms with van der Waals surface area (Å²) in [7, 11) is 0. The fourth-order valence-corrected chi connectivity index (χ4v) is 1.80. The second kappa shape index (κ2) is 8.36. The van der Waals surface area contributed by atoms with Gasteiger partial charge in [0.25, 0.3) is 0 Å². The second-order valence-electron chi connectivity index (χ2n) is 5.41. The lowest BCUT2D eigenvalue weighted by Gasteiger charge is -2.36. The Labute approximate surface area is 127 Å². The van der Waals surface area contributed by atoms with Crippen LogP contribution in [0.15, 0.2) is 0 Å². The number of rotatable bonds is 3. The lowest BCUT2D eigenvalue weighted by Crippen LogP contribution is -2.51. The third-order valence-electron chi connectivity index (χ3n) is 2.56. The fraction of sp³-hybridized carbons (Fsp3) is 0.846. The third kappa shape index (κ3) is 6.47. The molecule has 7 heteroatoms. The van der Waals surface area contributed by atoms with Crippen molar-refractivity contribution in [1.29, 1.82) is 0 Å². The minimum absolute atomic E-state index is 0. The van der Waals surface area contributed by atoms with E-state index in [9.17, 15) is 9.59 Å². The molecule has 1 amide bonds. The molecule has 1 rings (SSSR count). The molecular formula is C13H25NO5S. The standard InChI is InChI=1S/C13H23NO5.H2S/c1-5-18-11(15)8-10-9-17-7-6-14(10)12(16)19-13(2,3)4;/h10H,5-9H2,1-4H3;1H2/t10-;/m0./s1. The average Bonchev–Trinajstić information content (AvgIpc) is 2.27. The van der Waals surface area contributed by atoms with Crippen LogP contribution in [-0.4, -0.2) is 55.0 Å². The second-order valence-corrected chi connectivity index (χ2v) is 5.41. The van der Waals surface area contributed by atoms with Gasteiger partial charge < -0.3 is 14.2 Å². The van der Waals surface area contributed by atoms with Crippen LogP contribution in [0.1, 0.15) is 34.1 Å². The third-order valence-corrected chi connectivity index (χ3v) is 2.56. The molecule has 0 aliphatic carbocycles. The lowest BCUT2D eigenvalue weighted by molar-refractivity contribution is -0.146. The highest BCUT2D eigenvalue weighted by Crippen LogP contribution is 2.16. The van der Waals surface area contributed by atoms with Crippen LogP contribution in [0, 0.1) is 0 Å². The number of morpholine rings is 1. The monoisotopic (exact) mass is 307 g/mol. The van der Waals surface area contributed by atoms with Gasteiger partial charge in [0.2, 0.25) is 0 Å². The van der Waals surface area contributed by atoms with E-state index in [2.05, 4.69) is 0 Å². The number of nitrogens with zero attached hydrogens (tertiary/aromatic N) is 1. The summed E-state index contributed by atoms with van der Waals surface area (Å²) in [5, 5.41) is 0. The molecule has 0 bridgehead atoms. The topological polar surface area (TPSA) is 65.1 Å². The van der Waals surface area contributed by atoms with Crippen LogP contribution < -0.4 is 0 Å². The van der Waals surface area contributed by atoms with E-state index >= 15 is 0 Å². The van der Waals surface area contributed by atoms with Gasteiger partial charge in [-0.2, -0.15) is 13.5 Å². The van der Waals surface area contributed by atoms with Crippen molar-refractivity contribution in [3.05, 3.63) is 0 Å². The molecule has 0 saturated carbocycles. The molecule has 0 N–H and O–H groups in total. The van der Waals surface area contributed by atoms with Gasteiger partial charge in [-0.05, 0) is 27.7 Å². The smallest absolute Gasteiger partial charge is 0.410 e. The molecule has 1 saturated heterocycles. The first-order valence-electron chi connectivity index (χ1n) is 6.56. The highest BCUT2D eigenvalue weighted by Gasteiger charge is 2.32. The summed E-state index contributed by atoms with van der Waals surface area (Å²) in [5.74, 6) is -0.327. The van der Waals surface area contributed by atoms with Crippen molar-refractivity contribution >= 4 is 25.6 Å².